The van der Waals surface area contributed by atoms with E-state index in [4.69, 9.17) is 21.3 Å². The molecule has 4 atom stereocenters. The summed E-state index contributed by atoms with van der Waals surface area (Å²) in [7, 11) is 0. The summed E-state index contributed by atoms with van der Waals surface area (Å²) in [5.74, 6) is 0.252. The van der Waals surface area contributed by atoms with Crippen molar-refractivity contribution in [3.05, 3.63) is 64.4 Å². The number of H-pyrrole nitrogens is 1. The summed E-state index contributed by atoms with van der Waals surface area (Å²) >= 11 is 6.83. The first-order chi connectivity index (χ1) is 22.6. The molecule has 3 heterocycles. The van der Waals surface area contributed by atoms with Crippen LogP contribution in [0.1, 0.15) is 88.2 Å². The number of hydrogen-bond donors (Lipinski definition) is 4. The molecule has 2 saturated heterocycles. The van der Waals surface area contributed by atoms with Crippen molar-refractivity contribution in [3.8, 4) is 0 Å². The Morgan fingerprint density at radius 2 is 1.87 bits per heavy atom. The lowest BCUT2D eigenvalue weighted by Crippen LogP contribution is -2.57. The minimum atomic E-state index is -0.925. The van der Waals surface area contributed by atoms with Gasteiger partial charge in [-0.15, -0.1) is 0 Å². The number of fused-ring (bicyclic) bond motifs is 1. The molecule has 2 aliphatic carbocycles. The molecule has 4 N–H and O–H groups in total. The Balaban J connectivity index is 1.25. The van der Waals surface area contributed by atoms with Gasteiger partial charge in [0.25, 0.3) is 0 Å². The Hall–Kier alpha value is -3.63. The first-order valence-corrected chi connectivity index (χ1v) is 17.5. The molecular formula is C36H45ClN6O4. The summed E-state index contributed by atoms with van der Waals surface area (Å²) in [6.45, 7) is 8.67. The van der Waals surface area contributed by atoms with Gasteiger partial charge in [0.15, 0.2) is 0 Å². The lowest BCUT2D eigenvalue weighted by atomic mass is 9.65. The topological polar surface area (TPSA) is 128 Å². The fraction of sp³-hybridized carbons (Fsp3) is 0.556. The number of amides is 4. The van der Waals surface area contributed by atoms with E-state index in [0.29, 0.717) is 43.5 Å². The van der Waals surface area contributed by atoms with E-state index in [1.54, 1.807) is 4.90 Å². The van der Waals surface area contributed by atoms with Crippen molar-refractivity contribution in [2.24, 2.45) is 10.8 Å². The smallest absolute Gasteiger partial charge is 0.317 e. The number of carbonyl (C=O) groups excluding carboxylic acids is 3. The number of nitrogens with one attached hydrogen (secondary N) is 4. The van der Waals surface area contributed by atoms with Crippen LogP contribution in [0.5, 0.6) is 0 Å². The molecule has 2 saturated carbocycles. The van der Waals surface area contributed by atoms with Crippen LogP contribution in [-0.2, 0) is 19.7 Å². The van der Waals surface area contributed by atoms with Crippen LogP contribution < -0.4 is 16.0 Å². The van der Waals surface area contributed by atoms with Gasteiger partial charge in [0.1, 0.15) is 11.9 Å². The standard InChI is InChI=1S/C36H45ClN6O4/c1-4-43(5-2)33(46)41-28(27(34(3)15-16-34)23-9-6-7-10-24(23)37)30-39-25-12-11-22(19-26(25)40-30)36(17-18-47-21-36)32(45)42-29-31(44)38-20-35(29)13-8-14-35/h6-7,9-12,19,27-29H,4-5,8,13-18,20-21H2,1-3H3,(H,38,44)(H,39,40)(H,41,46)(H,42,45)/t27-,28-,29-,36?/m0/s1. The monoisotopic (exact) mass is 660 g/mol. The van der Waals surface area contributed by atoms with Crippen LogP contribution in [0.25, 0.3) is 11.0 Å². The maximum absolute atomic E-state index is 14.1. The Labute approximate surface area is 280 Å². The molecule has 1 aromatic heterocycles. The van der Waals surface area contributed by atoms with Gasteiger partial charge < -0.3 is 30.6 Å². The summed E-state index contributed by atoms with van der Waals surface area (Å²) in [5.41, 5.74) is 2.14. The van der Waals surface area contributed by atoms with Crippen LogP contribution in [0.4, 0.5) is 4.79 Å². The predicted octanol–water partition coefficient (Wildman–Crippen LogP) is 5.34. The van der Waals surface area contributed by atoms with Crippen LogP contribution in [0, 0.1) is 10.8 Å². The van der Waals surface area contributed by atoms with Crippen LogP contribution in [0.2, 0.25) is 5.02 Å². The van der Waals surface area contributed by atoms with Crippen molar-refractivity contribution < 1.29 is 19.1 Å². The van der Waals surface area contributed by atoms with E-state index in [9.17, 15) is 14.4 Å². The molecule has 0 radical (unpaired) electrons. The normalized spacial score (nSPS) is 25.2. The molecule has 11 heteroatoms. The van der Waals surface area contributed by atoms with Gasteiger partial charge in [0.05, 0.1) is 29.1 Å². The minimum Gasteiger partial charge on any atom is -0.380 e. The average Bonchev–Trinajstić information content (AvgIpc) is 3.39. The number of rotatable bonds is 10. The van der Waals surface area contributed by atoms with Crippen molar-refractivity contribution in [2.75, 3.05) is 32.8 Å². The molecule has 1 unspecified atom stereocenters. The van der Waals surface area contributed by atoms with E-state index in [2.05, 4.69) is 33.9 Å². The number of aromatic amines is 1. The number of imidazole rings is 1. The second-order valence-corrected chi connectivity index (χ2v) is 14.7. The van der Waals surface area contributed by atoms with Crippen molar-refractivity contribution >= 4 is 40.5 Å². The SMILES string of the molecule is CCN(CC)C(=O)N[C@H](c1nc2ccc(C3(C(=O)N[C@H]4C(=O)NCC45CCC5)CCOC3)cc2[nH]1)[C@H](c1ccccc1Cl)C1(C)CC1. The van der Waals surface area contributed by atoms with Gasteiger partial charge >= 0.3 is 6.03 Å². The van der Waals surface area contributed by atoms with E-state index in [1.807, 2.05) is 50.2 Å². The number of carbonyl (C=O) groups is 3. The number of hydrogen-bond acceptors (Lipinski definition) is 5. The van der Waals surface area contributed by atoms with E-state index in [0.717, 1.165) is 54.3 Å². The van der Waals surface area contributed by atoms with Crippen LogP contribution >= 0.6 is 11.6 Å². The van der Waals surface area contributed by atoms with E-state index < -0.39 is 17.5 Å². The predicted molar refractivity (Wildman–Crippen MR) is 180 cm³/mol. The molecule has 2 aromatic carbocycles. The van der Waals surface area contributed by atoms with Gasteiger partial charge in [-0.05, 0) is 80.7 Å². The summed E-state index contributed by atoms with van der Waals surface area (Å²) in [6.07, 6.45) is 5.49. The summed E-state index contributed by atoms with van der Waals surface area (Å²) in [4.78, 5) is 50.9. The molecule has 4 fully saturated rings. The molecule has 1 spiro atoms. The molecular weight excluding hydrogens is 616 g/mol. The van der Waals surface area contributed by atoms with Gasteiger partial charge in [0.2, 0.25) is 11.8 Å². The van der Waals surface area contributed by atoms with E-state index in [-0.39, 0.29) is 41.2 Å². The Morgan fingerprint density at radius 3 is 2.51 bits per heavy atom. The number of ether oxygens (including phenoxy) is 1. The van der Waals surface area contributed by atoms with E-state index in [1.165, 1.54) is 0 Å². The van der Waals surface area contributed by atoms with Gasteiger partial charge in [-0.25, -0.2) is 9.78 Å². The highest BCUT2D eigenvalue weighted by Crippen LogP contribution is 2.60. The van der Waals surface area contributed by atoms with Crippen molar-refractivity contribution in [1.29, 1.82) is 0 Å². The number of benzene rings is 2. The molecule has 10 nitrogen and oxygen atoms in total. The number of aromatic nitrogens is 2. The van der Waals surface area contributed by atoms with Gasteiger partial charge in [0, 0.05) is 42.6 Å². The average molecular weight is 661 g/mol. The molecule has 250 valence electrons. The zero-order valence-electron chi connectivity index (χ0n) is 27.5. The van der Waals surface area contributed by atoms with Crippen molar-refractivity contribution in [2.45, 2.75) is 82.7 Å². The summed E-state index contributed by atoms with van der Waals surface area (Å²) < 4.78 is 5.85. The van der Waals surface area contributed by atoms with Crippen LogP contribution in [0.15, 0.2) is 42.5 Å². The third-order valence-electron chi connectivity index (χ3n) is 11.6. The molecule has 4 aliphatic rings. The summed E-state index contributed by atoms with van der Waals surface area (Å²) in [5, 5.41) is 10.1. The van der Waals surface area contributed by atoms with Crippen LogP contribution in [-0.4, -0.2) is 71.6 Å². The minimum absolute atomic E-state index is 0.0655. The molecule has 4 amide bonds. The van der Waals surface area contributed by atoms with E-state index >= 15 is 0 Å². The lowest BCUT2D eigenvalue weighted by Gasteiger charge is -2.42. The Bertz CT molecular complexity index is 1690. The zero-order chi connectivity index (χ0) is 33.0. The highest BCUT2D eigenvalue weighted by atomic mass is 35.5. The fourth-order valence-electron chi connectivity index (χ4n) is 8.14. The molecule has 3 aromatic rings. The van der Waals surface area contributed by atoms with Crippen molar-refractivity contribution in [1.82, 2.24) is 30.8 Å². The van der Waals surface area contributed by atoms with Crippen LogP contribution in [0.3, 0.4) is 0 Å². The first kappa shape index (κ1) is 31.9. The second-order valence-electron chi connectivity index (χ2n) is 14.3. The highest BCUT2D eigenvalue weighted by molar-refractivity contribution is 6.31. The first-order valence-electron chi connectivity index (χ1n) is 17.1. The number of nitrogens with zero attached hydrogens (tertiary/aromatic N) is 2. The fourth-order valence-corrected chi connectivity index (χ4v) is 8.40. The number of halogens is 1. The summed E-state index contributed by atoms with van der Waals surface area (Å²) in [6, 6.07) is 12.6. The molecule has 2 aliphatic heterocycles. The largest absolute Gasteiger partial charge is 0.380 e. The maximum Gasteiger partial charge on any atom is 0.317 e. The van der Waals surface area contributed by atoms with Gasteiger partial charge in [-0.2, -0.15) is 0 Å². The quantitative estimate of drug-likeness (QED) is 0.234. The molecule has 7 rings (SSSR count). The zero-order valence-corrected chi connectivity index (χ0v) is 28.2. The lowest BCUT2D eigenvalue weighted by molar-refractivity contribution is -0.133. The third-order valence-corrected chi connectivity index (χ3v) is 12.0. The second kappa shape index (κ2) is 12.1. The highest BCUT2D eigenvalue weighted by Gasteiger charge is 2.55. The molecule has 0 bridgehead atoms. The van der Waals surface area contributed by atoms with Crippen molar-refractivity contribution in [3.63, 3.8) is 0 Å². The van der Waals surface area contributed by atoms with Gasteiger partial charge in [-0.1, -0.05) is 49.2 Å². The van der Waals surface area contributed by atoms with Gasteiger partial charge in [-0.3, -0.25) is 9.59 Å². The number of urea groups is 1. The molecule has 47 heavy (non-hydrogen) atoms. The maximum atomic E-state index is 14.1. The third kappa shape index (κ3) is 5.47. The Morgan fingerprint density at radius 1 is 1.11 bits per heavy atom. The Kier molecular flexibility index (Phi) is 8.23.